The van der Waals surface area contributed by atoms with Gasteiger partial charge >= 0.3 is 0 Å². The maximum Gasteiger partial charge on any atom is 0.0726 e. The quantitative estimate of drug-likeness (QED) is 0.174. The van der Waals surface area contributed by atoms with Crippen LogP contribution in [0.4, 0.5) is 17.1 Å². The molecule has 10 aromatic carbocycles. The lowest BCUT2D eigenvalue weighted by Crippen LogP contribution is -2.36. The standard InChI is InChI=1S/C55H33NS/c1-2-18-39-34(12-1)13-11-26-50(39)56(38-29-31-43-42-20-4-6-27-51(42)57-52(43)33-38)37-28-30-41-45-22-8-15-36-17-10-25-48(54(36)45)55(49(41)32-37)46-23-5-3-19-40(46)44-21-7-14-35-16-9-24-47(55)53(35)44/h1-33H. The van der Waals surface area contributed by atoms with Gasteiger partial charge in [0.25, 0.3) is 0 Å². The Hall–Kier alpha value is -7.00. The molecule has 0 amide bonds. The Morgan fingerprint density at radius 1 is 0.333 bits per heavy atom. The maximum absolute atomic E-state index is 2.53. The molecule has 1 unspecified atom stereocenters. The third kappa shape index (κ3) is 4.12. The minimum Gasteiger partial charge on any atom is -0.310 e. The Morgan fingerprint density at radius 2 is 0.860 bits per heavy atom. The Kier molecular flexibility index (Phi) is 6.31. The molecule has 1 spiro atoms. The van der Waals surface area contributed by atoms with E-state index < -0.39 is 5.41 Å². The number of benzene rings is 10. The zero-order chi connectivity index (χ0) is 37.2. The average molecular weight is 740 g/mol. The van der Waals surface area contributed by atoms with Crippen LogP contribution in [0.25, 0.3) is 74.7 Å². The molecule has 1 nitrogen and oxygen atoms in total. The molecule has 0 bridgehead atoms. The van der Waals surface area contributed by atoms with Crippen LogP contribution in [-0.4, -0.2) is 0 Å². The van der Waals surface area contributed by atoms with Crippen molar-refractivity contribution in [2.45, 2.75) is 5.41 Å². The van der Waals surface area contributed by atoms with Gasteiger partial charge in [-0.2, -0.15) is 0 Å². The normalized spacial score (nSPS) is 15.1. The van der Waals surface area contributed by atoms with Gasteiger partial charge in [0.15, 0.2) is 0 Å². The number of thiophene rings is 1. The summed E-state index contributed by atoms with van der Waals surface area (Å²) in [6, 6.07) is 75.4. The van der Waals surface area contributed by atoms with Gasteiger partial charge in [-0.3, -0.25) is 0 Å². The molecule has 2 aliphatic rings. The molecule has 57 heavy (non-hydrogen) atoms. The summed E-state index contributed by atoms with van der Waals surface area (Å²) >= 11 is 1.87. The van der Waals surface area contributed by atoms with Crippen LogP contribution < -0.4 is 4.90 Å². The minimum atomic E-state index is -0.566. The van der Waals surface area contributed by atoms with Crippen molar-refractivity contribution < 1.29 is 0 Å². The van der Waals surface area contributed by atoms with E-state index in [0.29, 0.717) is 0 Å². The fourth-order valence-corrected chi connectivity index (χ4v) is 11.7. The molecule has 13 rings (SSSR count). The fourth-order valence-electron chi connectivity index (χ4n) is 10.6. The number of nitrogens with zero attached hydrogens (tertiary/aromatic N) is 1. The van der Waals surface area contributed by atoms with Gasteiger partial charge < -0.3 is 4.90 Å². The molecule has 0 radical (unpaired) electrons. The molecular formula is C55H33NS. The number of hydrogen-bond acceptors (Lipinski definition) is 2. The van der Waals surface area contributed by atoms with Gasteiger partial charge in [-0.25, -0.2) is 0 Å². The molecule has 2 aliphatic carbocycles. The highest BCUT2D eigenvalue weighted by molar-refractivity contribution is 7.25. The first-order valence-corrected chi connectivity index (χ1v) is 20.6. The molecule has 11 aromatic rings. The van der Waals surface area contributed by atoms with Crippen LogP contribution in [0.2, 0.25) is 0 Å². The number of fused-ring (bicyclic) bond motifs is 12. The predicted octanol–water partition coefficient (Wildman–Crippen LogP) is 15.3. The zero-order valence-electron chi connectivity index (χ0n) is 30.9. The Morgan fingerprint density at radius 3 is 1.65 bits per heavy atom. The molecule has 264 valence electrons. The van der Waals surface area contributed by atoms with E-state index in [1.165, 1.54) is 97.0 Å². The third-order valence-corrected chi connectivity index (χ3v) is 14.0. The van der Waals surface area contributed by atoms with Gasteiger partial charge in [0.2, 0.25) is 0 Å². The van der Waals surface area contributed by atoms with Gasteiger partial charge in [0, 0.05) is 36.9 Å². The first-order chi connectivity index (χ1) is 28.3. The molecule has 0 aliphatic heterocycles. The maximum atomic E-state index is 2.53. The molecule has 0 fully saturated rings. The van der Waals surface area contributed by atoms with Crippen molar-refractivity contribution in [1.29, 1.82) is 0 Å². The summed E-state index contributed by atoms with van der Waals surface area (Å²) in [5, 5.41) is 10.3. The Bertz CT molecular complexity index is 3470. The lowest BCUT2D eigenvalue weighted by molar-refractivity contribution is 0.754. The highest BCUT2D eigenvalue weighted by Crippen LogP contribution is 2.61. The first kappa shape index (κ1) is 31.2. The monoisotopic (exact) mass is 739 g/mol. The smallest absolute Gasteiger partial charge is 0.0726 e. The molecule has 1 atom stereocenters. The highest BCUT2D eigenvalue weighted by atomic mass is 32.1. The van der Waals surface area contributed by atoms with E-state index in [9.17, 15) is 0 Å². The van der Waals surface area contributed by atoms with Crippen molar-refractivity contribution in [3.05, 3.63) is 222 Å². The average Bonchev–Trinajstić information content (AvgIpc) is 3.65. The van der Waals surface area contributed by atoms with Crippen LogP contribution in [0.15, 0.2) is 200 Å². The molecular weight excluding hydrogens is 707 g/mol. The van der Waals surface area contributed by atoms with Crippen LogP contribution >= 0.6 is 11.3 Å². The second kappa shape index (κ2) is 11.5. The lowest BCUT2D eigenvalue weighted by Gasteiger charge is -2.46. The van der Waals surface area contributed by atoms with Crippen molar-refractivity contribution in [3.8, 4) is 22.3 Å². The summed E-state index contributed by atoms with van der Waals surface area (Å²) in [4.78, 5) is 2.50. The number of anilines is 3. The van der Waals surface area contributed by atoms with Crippen molar-refractivity contribution >= 4 is 80.9 Å². The summed E-state index contributed by atoms with van der Waals surface area (Å²) < 4.78 is 2.61. The van der Waals surface area contributed by atoms with Crippen LogP contribution in [0.3, 0.4) is 0 Å². The molecule has 0 saturated heterocycles. The summed E-state index contributed by atoms with van der Waals surface area (Å²) in [6.07, 6.45) is 0. The van der Waals surface area contributed by atoms with E-state index in [1.807, 2.05) is 11.3 Å². The minimum absolute atomic E-state index is 0.566. The van der Waals surface area contributed by atoms with E-state index in [-0.39, 0.29) is 0 Å². The summed E-state index contributed by atoms with van der Waals surface area (Å²) in [5.74, 6) is 0. The van der Waals surface area contributed by atoms with Crippen LogP contribution in [0, 0.1) is 0 Å². The van der Waals surface area contributed by atoms with E-state index in [0.717, 1.165) is 17.1 Å². The Labute approximate surface area is 334 Å². The van der Waals surface area contributed by atoms with Gasteiger partial charge in [-0.1, -0.05) is 164 Å². The Balaban J connectivity index is 1.17. The van der Waals surface area contributed by atoms with E-state index in [2.05, 4.69) is 205 Å². The van der Waals surface area contributed by atoms with E-state index in [4.69, 9.17) is 0 Å². The second-order valence-corrected chi connectivity index (χ2v) is 16.6. The number of hydrogen-bond donors (Lipinski definition) is 0. The van der Waals surface area contributed by atoms with Gasteiger partial charge in [0.05, 0.1) is 11.1 Å². The molecule has 2 heteroatoms. The van der Waals surface area contributed by atoms with Crippen molar-refractivity contribution in [2.75, 3.05) is 4.90 Å². The van der Waals surface area contributed by atoms with Gasteiger partial charge in [-0.05, 0) is 108 Å². The van der Waals surface area contributed by atoms with Crippen LogP contribution in [0.1, 0.15) is 22.3 Å². The SMILES string of the molecule is c1ccc2c(c1)-c1cccc3cccc(c13)C21c2cc(N(c3ccc4c(c3)sc3ccccc34)c3cccc4ccccc34)ccc2-c2cccc3cccc1c23. The van der Waals surface area contributed by atoms with Crippen molar-refractivity contribution in [1.82, 2.24) is 0 Å². The van der Waals surface area contributed by atoms with E-state index in [1.54, 1.807) is 0 Å². The van der Waals surface area contributed by atoms with Crippen molar-refractivity contribution in [3.63, 3.8) is 0 Å². The van der Waals surface area contributed by atoms with E-state index >= 15 is 0 Å². The molecule has 1 aromatic heterocycles. The lowest BCUT2D eigenvalue weighted by atomic mass is 9.55. The number of rotatable bonds is 3. The largest absolute Gasteiger partial charge is 0.310 e. The second-order valence-electron chi connectivity index (χ2n) is 15.6. The molecule has 0 N–H and O–H groups in total. The fraction of sp³-hybridized carbons (Fsp3) is 0.0182. The topological polar surface area (TPSA) is 3.24 Å². The first-order valence-electron chi connectivity index (χ1n) is 19.8. The molecule has 1 heterocycles. The predicted molar refractivity (Wildman–Crippen MR) is 243 cm³/mol. The highest BCUT2D eigenvalue weighted by Gasteiger charge is 2.48. The summed E-state index contributed by atoms with van der Waals surface area (Å²) in [7, 11) is 0. The van der Waals surface area contributed by atoms with Gasteiger partial charge in [0.1, 0.15) is 0 Å². The zero-order valence-corrected chi connectivity index (χ0v) is 31.7. The van der Waals surface area contributed by atoms with Crippen molar-refractivity contribution in [2.24, 2.45) is 0 Å². The summed E-state index contributed by atoms with van der Waals surface area (Å²) in [6.45, 7) is 0. The third-order valence-electron chi connectivity index (χ3n) is 12.8. The van der Waals surface area contributed by atoms with Crippen LogP contribution in [0.5, 0.6) is 0 Å². The molecule has 0 saturated carbocycles. The van der Waals surface area contributed by atoms with Crippen LogP contribution in [-0.2, 0) is 5.41 Å². The van der Waals surface area contributed by atoms with Gasteiger partial charge in [-0.15, -0.1) is 11.3 Å². The summed E-state index contributed by atoms with van der Waals surface area (Å²) in [5.41, 5.74) is 13.4.